The average molecular weight is 287 g/mol. The molecule has 0 saturated carbocycles. The number of hydrogen-bond acceptors (Lipinski definition) is 3. The lowest BCUT2D eigenvalue weighted by molar-refractivity contribution is -0.111. The van der Waals surface area contributed by atoms with Crippen LogP contribution < -0.4 is 5.32 Å². The Hall–Kier alpha value is -2.01. The number of aromatic nitrogens is 2. The molecule has 0 atom stereocenters. The third-order valence-corrected chi connectivity index (χ3v) is 3.61. The highest BCUT2D eigenvalue weighted by Crippen LogP contribution is 2.26. The van der Waals surface area contributed by atoms with Crippen LogP contribution in [0.5, 0.6) is 0 Å². The maximum Gasteiger partial charge on any atom is 0.248 e. The van der Waals surface area contributed by atoms with E-state index in [2.05, 4.69) is 10.3 Å². The molecular formula is C15H17N3OS. The van der Waals surface area contributed by atoms with Crippen molar-refractivity contribution in [2.75, 3.05) is 5.32 Å². The number of anilines is 1. The second-order valence-electron chi connectivity index (χ2n) is 4.66. The summed E-state index contributed by atoms with van der Waals surface area (Å²) in [5.41, 5.74) is 1.76. The predicted molar refractivity (Wildman–Crippen MR) is 81.8 cm³/mol. The molecule has 0 radical (unpaired) electrons. The van der Waals surface area contributed by atoms with E-state index in [0.29, 0.717) is 0 Å². The number of rotatable bonds is 4. The fourth-order valence-electron chi connectivity index (χ4n) is 1.60. The second-order valence-corrected chi connectivity index (χ2v) is 5.70. The molecule has 1 heterocycles. The first-order valence-corrected chi connectivity index (χ1v) is 7.07. The third-order valence-electron chi connectivity index (χ3n) is 2.53. The van der Waals surface area contributed by atoms with Crippen LogP contribution in [0.4, 0.5) is 5.69 Å². The van der Waals surface area contributed by atoms with Crippen molar-refractivity contribution in [3.8, 4) is 0 Å². The number of amides is 1. The van der Waals surface area contributed by atoms with Crippen LogP contribution in [0.1, 0.15) is 13.8 Å². The van der Waals surface area contributed by atoms with E-state index in [1.165, 1.54) is 0 Å². The summed E-state index contributed by atoms with van der Waals surface area (Å²) >= 11 is 1.59. The van der Waals surface area contributed by atoms with Gasteiger partial charge in [0.15, 0.2) is 5.16 Å². The van der Waals surface area contributed by atoms with Gasteiger partial charge >= 0.3 is 0 Å². The molecule has 5 heteroatoms. The van der Waals surface area contributed by atoms with Crippen molar-refractivity contribution in [1.82, 2.24) is 9.55 Å². The molecule has 1 amide bonds. The molecule has 0 aliphatic carbocycles. The van der Waals surface area contributed by atoms with Gasteiger partial charge in [0.25, 0.3) is 0 Å². The van der Waals surface area contributed by atoms with Crippen molar-refractivity contribution < 1.29 is 4.79 Å². The van der Waals surface area contributed by atoms with E-state index in [-0.39, 0.29) is 5.91 Å². The van der Waals surface area contributed by atoms with Gasteiger partial charge in [-0.2, -0.15) is 0 Å². The maximum absolute atomic E-state index is 11.6. The summed E-state index contributed by atoms with van der Waals surface area (Å²) in [5.74, 6) is -0.102. The van der Waals surface area contributed by atoms with E-state index >= 15 is 0 Å². The van der Waals surface area contributed by atoms with Gasteiger partial charge in [0.2, 0.25) is 5.91 Å². The first-order chi connectivity index (χ1) is 9.54. The monoisotopic (exact) mass is 287 g/mol. The summed E-state index contributed by atoms with van der Waals surface area (Å²) in [6, 6.07) is 7.72. The Bertz CT molecular complexity index is 625. The van der Waals surface area contributed by atoms with Gasteiger partial charge in [0.1, 0.15) is 0 Å². The highest BCUT2D eigenvalue weighted by molar-refractivity contribution is 7.99. The van der Waals surface area contributed by atoms with E-state index < -0.39 is 0 Å². The highest BCUT2D eigenvalue weighted by Gasteiger charge is 2.03. The van der Waals surface area contributed by atoms with Crippen LogP contribution >= 0.6 is 11.8 Å². The average Bonchev–Trinajstić information content (AvgIpc) is 2.76. The molecule has 0 bridgehead atoms. The van der Waals surface area contributed by atoms with E-state index in [1.54, 1.807) is 24.0 Å². The molecule has 2 aromatic rings. The summed E-state index contributed by atoms with van der Waals surface area (Å²) in [6.07, 6.45) is 5.27. The summed E-state index contributed by atoms with van der Waals surface area (Å²) < 4.78 is 1.97. The minimum absolute atomic E-state index is 0.102. The largest absolute Gasteiger partial charge is 0.329 e. The number of carbonyl (C=O) groups excluding carboxylic acids is 1. The number of carbonyl (C=O) groups is 1. The molecule has 2 rings (SSSR count). The zero-order valence-electron chi connectivity index (χ0n) is 11.8. The first-order valence-electron chi connectivity index (χ1n) is 6.26. The molecule has 20 heavy (non-hydrogen) atoms. The number of allylic oxidation sites excluding steroid dienone is 1. The Morgan fingerprint density at radius 3 is 2.55 bits per heavy atom. The second kappa shape index (κ2) is 6.43. The summed E-state index contributed by atoms with van der Waals surface area (Å²) in [5, 5.41) is 3.76. The zero-order chi connectivity index (χ0) is 14.5. The Morgan fingerprint density at radius 2 is 2.00 bits per heavy atom. The van der Waals surface area contributed by atoms with Gasteiger partial charge in [0.05, 0.1) is 0 Å². The molecule has 0 aliphatic rings. The number of nitrogens with one attached hydrogen (secondary N) is 1. The molecule has 1 N–H and O–H groups in total. The number of nitrogens with zero attached hydrogens (tertiary/aromatic N) is 2. The van der Waals surface area contributed by atoms with Gasteiger partial charge < -0.3 is 9.88 Å². The number of hydrogen-bond donors (Lipinski definition) is 1. The minimum atomic E-state index is -0.102. The van der Waals surface area contributed by atoms with Gasteiger partial charge in [-0.05, 0) is 38.1 Å². The molecule has 0 fully saturated rings. The fourth-order valence-corrected chi connectivity index (χ4v) is 2.40. The first kappa shape index (κ1) is 14.4. The Balaban J connectivity index is 2.01. The fraction of sp³-hybridized carbons (Fsp3) is 0.200. The number of benzene rings is 1. The van der Waals surface area contributed by atoms with Crippen LogP contribution in [-0.2, 0) is 11.8 Å². The summed E-state index contributed by atoms with van der Waals surface area (Å²) in [4.78, 5) is 16.9. The topological polar surface area (TPSA) is 46.9 Å². The molecule has 0 unspecified atom stereocenters. The molecule has 104 valence electrons. The van der Waals surface area contributed by atoms with Crippen molar-refractivity contribution in [3.05, 3.63) is 48.3 Å². The molecule has 1 aromatic carbocycles. The lowest BCUT2D eigenvalue weighted by atomic mass is 10.3. The van der Waals surface area contributed by atoms with Crippen molar-refractivity contribution >= 4 is 23.4 Å². The van der Waals surface area contributed by atoms with Gasteiger partial charge in [-0.25, -0.2) is 4.98 Å². The standard InChI is InChI=1S/C15H17N3OS/c1-11(2)10-14(19)17-12-4-6-13(7-5-12)20-15-16-8-9-18(15)3/h4-10H,1-3H3,(H,17,19). The third kappa shape index (κ3) is 3.99. The van der Waals surface area contributed by atoms with Gasteiger partial charge in [-0.1, -0.05) is 17.3 Å². The van der Waals surface area contributed by atoms with Gasteiger partial charge in [-0.3, -0.25) is 4.79 Å². The lowest BCUT2D eigenvalue weighted by Gasteiger charge is -2.05. The quantitative estimate of drug-likeness (QED) is 0.876. The van der Waals surface area contributed by atoms with Crippen molar-refractivity contribution in [1.29, 1.82) is 0 Å². The molecule has 4 nitrogen and oxygen atoms in total. The molecule has 0 aliphatic heterocycles. The van der Waals surface area contributed by atoms with Gasteiger partial charge in [0, 0.05) is 36.1 Å². The van der Waals surface area contributed by atoms with Crippen molar-refractivity contribution in [2.45, 2.75) is 23.9 Å². The Morgan fingerprint density at radius 1 is 1.30 bits per heavy atom. The SMILES string of the molecule is CC(C)=CC(=O)Nc1ccc(Sc2nccn2C)cc1. The van der Waals surface area contributed by atoms with E-state index in [1.807, 2.05) is 55.9 Å². The van der Waals surface area contributed by atoms with Gasteiger partial charge in [-0.15, -0.1) is 0 Å². The van der Waals surface area contributed by atoms with E-state index in [9.17, 15) is 4.79 Å². The predicted octanol–water partition coefficient (Wildman–Crippen LogP) is 3.48. The Labute approximate surface area is 122 Å². The molecular weight excluding hydrogens is 270 g/mol. The molecule has 0 spiro atoms. The lowest BCUT2D eigenvalue weighted by Crippen LogP contribution is -2.08. The number of imidazole rings is 1. The van der Waals surface area contributed by atoms with Crippen molar-refractivity contribution in [3.63, 3.8) is 0 Å². The molecule has 1 aromatic heterocycles. The normalized spacial score (nSPS) is 10.2. The van der Waals surface area contributed by atoms with Crippen LogP contribution in [0.2, 0.25) is 0 Å². The maximum atomic E-state index is 11.6. The number of aryl methyl sites for hydroxylation is 1. The van der Waals surface area contributed by atoms with E-state index in [4.69, 9.17) is 0 Å². The van der Waals surface area contributed by atoms with Crippen LogP contribution in [0.3, 0.4) is 0 Å². The van der Waals surface area contributed by atoms with Crippen LogP contribution in [0, 0.1) is 0 Å². The summed E-state index contributed by atoms with van der Waals surface area (Å²) in [7, 11) is 1.96. The molecule has 0 saturated heterocycles. The summed E-state index contributed by atoms with van der Waals surface area (Å²) in [6.45, 7) is 3.79. The van der Waals surface area contributed by atoms with Crippen LogP contribution in [0.25, 0.3) is 0 Å². The van der Waals surface area contributed by atoms with Crippen LogP contribution in [0.15, 0.2) is 58.4 Å². The van der Waals surface area contributed by atoms with Crippen LogP contribution in [-0.4, -0.2) is 15.5 Å². The van der Waals surface area contributed by atoms with Crippen molar-refractivity contribution in [2.24, 2.45) is 7.05 Å². The highest BCUT2D eigenvalue weighted by atomic mass is 32.2. The smallest absolute Gasteiger partial charge is 0.248 e. The minimum Gasteiger partial charge on any atom is -0.329 e. The Kier molecular flexibility index (Phi) is 4.63. The zero-order valence-corrected chi connectivity index (χ0v) is 12.6. The van der Waals surface area contributed by atoms with E-state index in [0.717, 1.165) is 21.3 Å².